The molecule has 0 radical (unpaired) electrons. The van der Waals surface area contributed by atoms with Gasteiger partial charge in [0.15, 0.2) is 0 Å². The number of methoxy groups -OCH3 is 1. The smallest absolute Gasteiger partial charge is 0.264 e. The summed E-state index contributed by atoms with van der Waals surface area (Å²) >= 11 is 6.01. The fourth-order valence-corrected chi connectivity index (χ4v) is 3.75. The van der Waals surface area contributed by atoms with Crippen LogP contribution in [0.3, 0.4) is 0 Å². The number of aromatic nitrogens is 1. The van der Waals surface area contributed by atoms with Crippen molar-refractivity contribution in [3.05, 3.63) is 71.1 Å². The lowest BCUT2D eigenvalue weighted by Crippen LogP contribution is -2.14. The lowest BCUT2D eigenvalue weighted by Gasteiger charge is -2.11. The first-order valence-corrected chi connectivity index (χ1v) is 9.72. The average molecular weight is 418 g/mol. The van der Waals surface area contributed by atoms with Crippen molar-refractivity contribution in [3.63, 3.8) is 0 Å². The summed E-state index contributed by atoms with van der Waals surface area (Å²) in [6.07, 6.45) is 1.36. The molecule has 0 aliphatic carbocycles. The van der Waals surface area contributed by atoms with Gasteiger partial charge in [0, 0.05) is 23.5 Å². The zero-order chi connectivity index (χ0) is 20.3. The van der Waals surface area contributed by atoms with Gasteiger partial charge in [-0.2, -0.15) is 5.26 Å². The van der Waals surface area contributed by atoms with E-state index in [-0.39, 0.29) is 22.0 Å². The van der Waals surface area contributed by atoms with E-state index >= 15 is 0 Å². The van der Waals surface area contributed by atoms with E-state index in [4.69, 9.17) is 21.6 Å². The van der Waals surface area contributed by atoms with Crippen LogP contribution in [0.4, 0.5) is 10.1 Å². The van der Waals surface area contributed by atoms with E-state index in [1.54, 1.807) is 18.2 Å². The van der Waals surface area contributed by atoms with Crippen LogP contribution in [0, 0.1) is 17.1 Å². The molecule has 0 unspecified atom stereocenters. The van der Waals surface area contributed by atoms with Crippen molar-refractivity contribution in [1.29, 1.82) is 5.26 Å². The molecule has 0 spiro atoms. The van der Waals surface area contributed by atoms with E-state index in [1.807, 2.05) is 6.07 Å². The van der Waals surface area contributed by atoms with E-state index in [9.17, 15) is 12.8 Å². The fourth-order valence-electron chi connectivity index (χ4n) is 2.41. The molecule has 0 bridgehead atoms. The zero-order valence-corrected chi connectivity index (χ0v) is 16.1. The van der Waals surface area contributed by atoms with Gasteiger partial charge in [-0.05, 0) is 30.3 Å². The Balaban J connectivity index is 1.86. The van der Waals surface area contributed by atoms with E-state index in [2.05, 4.69) is 9.71 Å². The van der Waals surface area contributed by atoms with Crippen LogP contribution in [0.1, 0.15) is 5.56 Å². The van der Waals surface area contributed by atoms with Gasteiger partial charge in [-0.25, -0.2) is 12.8 Å². The third-order valence-electron chi connectivity index (χ3n) is 3.83. The van der Waals surface area contributed by atoms with Crippen LogP contribution in [0.2, 0.25) is 5.02 Å². The fraction of sp³-hybridized carbons (Fsp3) is 0.0526. The van der Waals surface area contributed by atoms with Crippen molar-refractivity contribution >= 4 is 27.3 Å². The van der Waals surface area contributed by atoms with Crippen LogP contribution in [0.25, 0.3) is 11.3 Å². The molecule has 0 saturated heterocycles. The minimum atomic E-state index is -4.15. The zero-order valence-electron chi connectivity index (χ0n) is 14.5. The van der Waals surface area contributed by atoms with Gasteiger partial charge in [-0.3, -0.25) is 9.71 Å². The van der Waals surface area contributed by atoms with Crippen LogP contribution < -0.4 is 9.46 Å². The summed E-state index contributed by atoms with van der Waals surface area (Å²) in [4.78, 5) is 3.64. The average Bonchev–Trinajstić information content (AvgIpc) is 2.68. The second-order valence-corrected chi connectivity index (χ2v) is 7.70. The second kappa shape index (κ2) is 7.84. The highest BCUT2D eigenvalue weighted by Gasteiger charge is 2.20. The first-order valence-electron chi connectivity index (χ1n) is 7.86. The first kappa shape index (κ1) is 19.6. The van der Waals surface area contributed by atoms with Crippen LogP contribution in [0.15, 0.2) is 59.6 Å². The third-order valence-corrected chi connectivity index (χ3v) is 5.54. The van der Waals surface area contributed by atoms with Crippen molar-refractivity contribution < 1.29 is 17.5 Å². The maximum atomic E-state index is 14.0. The SMILES string of the molecule is COc1ccc(F)c(S(=O)(=O)Nc2ccc(-c3cc(Cl)c(C#N)cn3)cc2)c1. The number of rotatable bonds is 5. The molecule has 2 aromatic carbocycles. The predicted molar refractivity (Wildman–Crippen MR) is 103 cm³/mol. The summed E-state index contributed by atoms with van der Waals surface area (Å²) in [6, 6.07) is 13.2. The Morgan fingerprint density at radius 1 is 1.18 bits per heavy atom. The van der Waals surface area contributed by atoms with E-state index in [0.29, 0.717) is 11.3 Å². The molecule has 0 aliphatic heterocycles. The van der Waals surface area contributed by atoms with Gasteiger partial charge >= 0.3 is 0 Å². The minimum Gasteiger partial charge on any atom is -0.497 e. The highest BCUT2D eigenvalue weighted by Crippen LogP contribution is 2.26. The molecule has 3 aromatic rings. The summed E-state index contributed by atoms with van der Waals surface area (Å²) in [5, 5.41) is 9.17. The molecule has 0 saturated carbocycles. The maximum Gasteiger partial charge on any atom is 0.264 e. The molecule has 9 heteroatoms. The molecular weight excluding hydrogens is 405 g/mol. The van der Waals surface area contributed by atoms with Gasteiger partial charge in [-0.1, -0.05) is 23.7 Å². The summed E-state index contributed by atoms with van der Waals surface area (Å²) in [5.74, 6) is -0.665. The molecule has 142 valence electrons. The van der Waals surface area contributed by atoms with Crippen LogP contribution >= 0.6 is 11.6 Å². The molecule has 1 N–H and O–H groups in total. The largest absolute Gasteiger partial charge is 0.497 e. The number of benzene rings is 2. The number of nitrogens with zero attached hydrogens (tertiary/aromatic N) is 2. The number of hydrogen-bond acceptors (Lipinski definition) is 5. The van der Waals surface area contributed by atoms with Gasteiger partial charge in [0.1, 0.15) is 22.5 Å². The summed E-state index contributed by atoms with van der Waals surface area (Å²) in [6.45, 7) is 0. The Morgan fingerprint density at radius 2 is 1.89 bits per heavy atom. The molecule has 6 nitrogen and oxygen atoms in total. The highest BCUT2D eigenvalue weighted by atomic mass is 35.5. The first-order chi connectivity index (χ1) is 13.3. The Hall–Kier alpha value is -3.15. The van der Waals surface area contributed by atoms with Crippen LogP contribution in [-0.2, 0) is 10.0 Å². The molecule has 3 rings (SSSR count). The molecule has 0 atom stereocenters. The molecule has 0 aliphatic rings. The van der Waals surface area contributed by atoms with Gasteiger partial charge < -0.3 is 4.74 Å². The number of halogens is 2. The lowest BCUT2D eigenvalue weighted by atomic mass is 10.1. The number of hydrogen-bond donors (Lipinski definition) is 1. The van der Waals surface area contributed by atoms with Crippen LogP contribution in [-0.4, -0.2) is 20.5 Å². The topological polar surface area (TPSA) is 92.1 Å². The number of nitriles is 1. The number of nitrogens with one attached hydrogen (secondary N) is 1. The maximum absolute atomic E-state index is 14.0. The monoisotopic (exact) mass is 417 g/mol. The number of ether oxygens (including phenoxy) is 1. The summed E-state index contributed by atoms with van der Waals surface area (Å²) in [7, 11) is -2.79. The minimum absolute atomic E-state index is 0.223. The number of anilines is 1. The van der Waals surface area contributed by atoms with Gasteiger partial charge in [0.2, 0.25) is 0 Å². The molecule has 1 heterocycles. The van der Waals surface area contributed by atoms with E-state index in [1.165, 1.54) is 31.5 Å². The highest BCUT2D eigenvalue weighted by molar-refractivity contribution is 7.92. The molecule has 28 heavy (non-hydrogen) atoms. The van der Waals surface area contributed by atoms with Crippen molar-refractivity contribution in [3.8, 4) is 23.1 Å². The normalized spacial score (nSPS) is 10.9. The molecule has 0 amide bonds. The van der Waals surface area contributed by atoms with Crippen molar-refractivity contribution in [1.82, 2.24) is 4.98 Å². The van der Waals surface area contributed by atoms with Gasteiger partial charge in [-0.15, -0.1) is 0 Å². The summed E-state index contributed by atoms with van der Waals surface area (Å²) in [5.41, 5.74) is 1.69. The number of pyridine rings is 1. The van der Waals surface area contributed by atoms with Gasteiger partial charge in [0.25, 0.3) is 10.0 Å². The van der Waals surface area contributed by atoms with Crippen molar-refractivity contribution in [2.24, 2.45) is 0 Å². The summed E-state index contributed by atoms with van der Waals surface area (Å²) < 4.78 is 46.2. The number of sulfonamides is 1. The predicted octanol–water partition coefficient (Wildman–Crippen LogP) is 4.22. The molecule has 1 aromatic heterocycles. The van der Waals surface area contributed by atoms with E-state index < -0.39 is 20.7 Å². The Morgan fingerprint density at radius 3 is 2.50 bits per heavy atom. The third kappa shape index (κ3) is 4.06. The van der Waals surface area contributed by atoms with Crippen LogP contribution in [0.5, 0.6) is 5.75 Å². The Labute approximate surface area is 166 Å². The van der Waals surface area contributed by atoms with Gasteiger partial charge in [0.05, 0.1) is 23.4 Å². The van der Waals surface area contributed by atoms with Crippen molar-refractivity contribution in [2.75, 3.05) is 11.8 Å². The Kier molecular flexibility index (Phi) is 5.49. The second-order valence-electron chi connectivity index (χ2n) is 5.64. The quantitative estimate of drug-likeness (QED) is 0.670. The molecule has 0 fully saturated rings. The van der Waals surface area contributed by atoms with E-state index in [0.717, 1.165) is 12.1 Å². The standard InChI is InChI=1S/C19H13ClFN3O3S/c1-27-15-6-7-17(21)19(8-15)28(25,26)24-14-4-2-12(3-5-14)18-9-16(20)13(10-22)11-23-18/h2-9,11,24H,1H3. The Bertz CT molecular complexity index is 1180. The molecular formula is C19H13ClFN3O3S. The lowest BCUT2D eigenvalue weighted by molar-refractivity contribution is 0.411. The van der Waals surface area contributed by atoms with Crippen molar-refractivity contribution in [2.45, 2.75) is 4.90 Å².